The molecule has 6 heteroatoms. The number of carbonyl (C=O) groups excluding carboxylic acids is 1. The van der Waals surface area contributed by atoms with Crippen molar-refractivity contribution >= 4 is 27.3 Å². The molecule has 21 heavy (non-hydrogen) atoms. The Balaban J connectivity index is 1.87. The van der Waals surface area contributed by atoms with Crippen LogP contribution in [0.5, 0.6) is 0 Å². The van der Waals surface area contributed by atoms with E-state index in [9.17, 15) is 13.2 Å². The van der Waals surface area contributed by atoms with Gasteiger partial charge in [0.25, 0.3) is 0 Å². The number of carbonyl (C=O) groups is 1. The molecule has 1 heterocycles. The highest BCUT2D eigenvalue weighted by Crippen LogP contribution is 2.56. The molecule has 0 radical (unpaired) electrons. The van der Waals surface area contributed by atoms with Crippen LogP contribution in [0.2, 0.25) is 0 Å². The number of hydrogen-bond donors (Lipinski definition) is 2. The first-order valence-electron chi connectivity index (χ1n) is 7.37. The van der Waals surface area contributed by atoms with E-state index in [4.69, 9.17) is 0 Å². The lowest BCUT2D eigenvalue weighted by Gasteiger charge is -2.36. The Hall–Kier alpha value is -1.56. The molecular formula is C15H18N2O3S. The van der Waals surface area contributed by atoms with Crippen molar-refractivity contribution in [3.8, 4) is 0 Å². The summed E-state index contributed by atoms with van der Waals surface area (Å²) in [5.41, 5.74) is 3.21. The zero-order valence-corrected chi connectivity index (χ0v) is 12.7. The third-order valence-electron chi connectivity index (χ3n) is 4.89. The summed E-state index contributed by atoms with van der Waals surface area (Å²) in [7, 11) is -3.31. The first kappa shape index (κ1) is 13.1. The molecule has 2 N–H and O–H groups in total. The quantitative estimate of drug-likeness (QED) is 0.900. The van der Waals surface area contributed by atoms with Gasteiger partial charge in [-0.25, -0.2) is 8.42 Å². The topological polar surface area (TPSA) is 75.3 Å². The van der Waals surface area contributed by atoms with E-state index >= 15 is 0 Å². The fourth-order valence-electron chi connectivity index (χ4n) is 3.55. The van der Waals surface area contributed by atoms with E-state index in [0.29, 0.717) is 11.6 Å². The summed E-state index contributed by atoms with van der Waals surface area (Å²) in [4.78, 5) is 12.4. The Labute approximate surface area is 124 Å². The lowest BCUT2D eigenvalue weighted by atomic mass is 9.65. The molecule has 0 saturated heterocycles. The highest BCUT2D eigenvalue weighted by atomic mass is 32.2. The molecule has 0 bridgehead atoms. The highest BCUT2D eigenvalue weighted by Gasteiger charge is 2.52. The van der Waals surface area contributed by atoms with Crippen LogP contribution in [0.3, 0.4) is 0 Å². The van der Waals surface area contributed by atoms with Crippen molar-refractivity contribution in [2.24, 2.45) is 0 Å². The Kier molecular flexibility index (Phi) is 2.50. The van der Waals surface area contributed by atoms with Gasteiger partial charge in [0.1, 0.15) is 0 Å². The minimum atomic E-state index is -3.31. The molecule has 112 valence electrons. The van der Waals surface area contributed by atoms with Gasteiger partial charge in [-0.3, -0.25) is 9.52 Å². The molecular weight excluding hydrogens is 288 g/mol. The van der Waals surface area contributed by atoms with Gasteiger partial charge in [-0.15, -0.1) is 0 Å². The maximum Gasteiger partial charge on any atom is 0.235 e. The first-order valence-corrected chi connectivity index (χ1v) is 9.26. The minimum Gasteiger partial charge on any atom is -0.325 e. The van der Waals surface area contributed by atoms with E-state index in [1.807, 2.05) is 12.1 Å². The van der Waals surface area contributed by atoms with Gasteiger partial charge < -0.3 is 5.32 Å². The van der Waals surface area contributed by atoms with Gasteiger partial charge in [-0.05, 0) is 54.9 Å². The second-order valence-corrected chi connectivity index (χ2v) is 8.27. The molecule has 2 fully saturated rings. The third-order valence-corrected chi connectivity index (χ3v) is 5.49. The molecule has 1 aromatic rings. The third kappa shape index (κ3) is 1.96. The lowest BCUT2D eigenvalue weighted by Crippen LogP contribution is -2.40. The van der Waals surface area contributed by atoms with Crippen LogP contribution >= 0.6 is 0 Å². The van der Waals surface area contributed by atoms with Gasteiger partial charge in [0.2, 0.25) is 15.9 Å². The molecule has 2 saturated carbocycles. The fourth-order valence-corrected chi connectivity index (χ4v) is 4.10. The second-order valence-electron chi connectivity index (χ2n) is 6.53. The fraction of sp³-hybridized carbons (Fsp3) is 0.533. The molecule has 2 aliphatic carbocycles. The maximum atomic E-state index is 12.4. The van der Waals surface area contributed by atoms with Crippen molar-refractivity contribution in [3.05, 3.63) is 23.3 Å². The number of fused-ring (bicyclic) bond motifs is 2. The zero-order valence-electron chi connectivity index (χ0n) is 11.9. The van der Waals surface area contributed by atoms with Crippen molar-refractivity contribution < 1.29 is 13.2 Å². The molecule has 0 atom stereocenters. The van der Waals surface area contributed by atoms with Crippen LogP contribution in [0.25, 0.3) is 0 Å². The summed E-state index contributed by atoms with van der Waals surface area (Å²) in [5.74, 6) is 0.540. The summed E-state index contributed by atoms with van der Waals surface area (Å²) in [6.07, 6.45) is 6.14. The molecule has 1 aliphatic heterocycles. The molecule has 5 nitrogen and oxygen atoms in total. The van der Waals surface area contributed by atoms with Crippen molar-refractivity contribution in [2.45, 2.75) is 43.4 Å². The van der Waals surface area contributed by atoms with Gasteiger partial charge >= 0.3 is 0 Å². The van der Waals surface area contributed by atoms with Crippen molar-refractivity contribution in [3.63, 3.8) is 0 Å². The number of rotatable bonds is 3. The smallest absolute Gasteiger partial charge is 0.235 e. The SMILES string of the molecule is CS(=O)(=O)Nc1cc(C2CC2)c2c(c1)C1(CCC1)C(=O)N2. The van der Waals surface area contributed by atoms with Crippen LogP contribution in [0, 0.1) is 0 Å². The van der Waals surface area contributed by atoms with Gasteiger partial charge in [-0.1, -0.05) is 6.42 Å². The summed E-state index contributed by atoms with van der Waals surface area (Å²) in [5, 5.41) is 3.05. The Morgan fingerprint density at radius 2 is 2.00 bits per heavy atom. The predicted octanol–water partition coefficient (Wildman–Crippen LogP) is 2.31. The van der Waals surface area contributed by atoms with Gasteiger partial charge in [0, 0.05) is 11.4 Å². The van der Waals surface area contributed by atoms with Crippen LogP contribution in [0.1, 0.15) is 49.1 Å². The molecule has 0 aromatic heterocycles. The van der Waals surface area contributed by atoms with Crippen LogP contribution < -0.4 is 10.0 Å². The van der Waals surface area contributed by atoms with Crippen LogP contribution in [0.15, 0.2) is 12.1 Å². The number of amides is 1. The number of benzene rings is 1. The highest BCUT2D eigenvalue weighted by molar-refractivity contribution is 7.92. The van der Waals surface area contributed by atoms with Crippen LogP contribution in [-0.4, -0.2) is 20.6 Å². The largest absolute Gasteiger partial charge is 0.325 e. The summed E-state index contributed by atoms with van der Waals surface area (Å²) in [6.45, 7) is 0. The van der Waals surface area contributed by atoms with E-state index in [1.54, 1.807) is 0 Å². The van der Waals surface area contributed by atoms with E-state index in [2.05, 4.69) is 10.0 Å². The molecule has 4 rings (SSSR count). The standard InChI is InChI=1S/C15H18N2O3S/c1-21(19,20)17-10-7-11(9-3-4-9)13-12(8-10)15(5-2-6-15)14(18)16-13/h7-9,17H,2-6H2,1H3,(H,16,18). The second kappa shape index (κ2) is 4.00. The normalized spacial score (nSPS) is 22.6. The van der Waals surface area contributed by atoms with Gasteiger partial charge in [-0.2, -0.15) is 0 Å². The van der Waals surface area contributed by atoms with Crippen molar-refractivity contribution in [2.75, 3.05) is 16.3 Å². The van der Waals surface area contributed by atoms with Crippen molar-refractivity contribution in [1.29, 1.82) is 0 Å². The number of sulfonamides is 1. The first-order chi connectivity index (χ1) is 9.89. The van der Waals surface area contributed by atoms with Gasteiger partial charge in [0.15, 0.2) is 0 Å². The monoisotopic (exact) mass is 306 g/mol. The minimum absolute atomic E-state index is 0.0853. The molecule has 1 amide bonds. The Bertz CT molecular complexity index is 746. The number of anilines is 2. The average Bonchev–Trinajstić information content (AvgIpc) is 3.08. The van der Waals surface area contributed by atoms with Crippen molar-refractivity contribution in [1.82, 2.24) is 0 Å². The summed E-state index contributed by atoms with van der Waals surface area (Å²) in [6, 6.07) is 3.73. The van der Waals surface area contributed by atoms with E-state index in [1.165, 1.54) is 0 Å². The lowest BCUT2D eigenvalue weighted by molar-refractivity contribution is -0.123. The van der Waals surface area contributed by atoms with E-state index < -0.39 is 15.4 Å². The average molecular weight is 306 g/mol. The van der Waals surface area contributed by atoms with E-state index in [0.717, 1.165) is 55.2 Å². The zero-order chi connectivity index (χ0) is 14.8. The molecule has 3 aliphatic rings. The predicted molar refractivity (Wildman–Crippen MR) is 81.0 cm³/mol. The van der Waals surface area contributed by atoms with Gasteiger partial charge in [0.05, 0.1) is 11.7 Å². The molecule has 1 spiro atoms. The number of nitrogens with one attached hydrogen (secondary N) is 2. The maximum absolute atomic E-state index is 12.4. The Morgan fingerprint density at radius 3 is 2.52 bits per heavy atom. The molecule has 0 unspecified atom stereocenters. The van der Waals surface area contributed by atoms with Crippen LogP contribution in [-0.2, 0) is 20.2 Å². The van der Waals surface area contributed by atoms with Crippen LogP contribution in [0.4, 0.5) is 11.4 Å². The van der Waals surface area contributed by atoms with E-state index in [-0.39, 0.29) is 5.91 Å². The molecule has 1 aromatic carbocycles. The number of hydrogen-bond acceptors (Lipinski definition) is 3. The Morgan fingerprint density at radius 1 is 1.29 bits per heavy atom. The summed E-state index contributed by atoms with van der Waals surface area (Å²) < 4.78 is 25.6. The summed E-state index contributed by atoms with van der Waals surface area (Å²) >= 11 is 0.